The van der Waals surface area contributed by atoms with Crippen molar-refractivity contribution < 1.29 is 18.7 Å². The predicted molar refractivity (Wildman–Crippen MR) is 65.4 cm³/mol. The van der Waals surface area contributed by atoms with Crippen molar-refractivity contribution in [3.63, 3.8) is 0 Å². The standard InChI is InChI=1S/C12H12BrF2NO2/c13-8-2-1-7-3-4-11(10(16)18,9(7)5-8)12(14,15)6-17/h1-2,5,17H,3-4,6H2,(H2,16,18)/t11-/m1/s1. The fraction of sp³-hybridized carbons (Fsp3) is 0.417. The highest BCUT2D eigenvalue weighted by Gasteiger charge is 2.61. The van der Waals surface area contributed by atoms with Gasteiger partial charge in [0, 0.05) is 4.47 Å². The number of nitrogens with two attached hydrogens (primary N) is 1. The van der Waals surface area contributed by atoms with Gasteiger partial charge in [0.2, 0.25) is 5.91 Å². The molecule has 6 heteroatoms. The highest BCUT2D eigenvalue weighted by atomic mass is 79.9. The summed E-state index contributed by atoms with van der Waals surface area (Å²) in [6.45, 7) is -1.40. The smallest absolute Gasteiger partial charge is 0.288 e. The SMILES string of the molecule is NC(=O)[C@@]1(C(F)(F)CO)CCc2ccc(Br)cc21. The van der Waals surface area contributed by atoms with Crippen LogP contribution in [0, 0.1) is 0 Å². The van der Waals surface area contributed by atoms with E-state index in [0.717, 1.165) is 0 Å². The maximum Gasteiger partial charge on any atom is 0.288 e. The first kappa shape index (κ1) is 13.4. The van der Waals surface area contributed by atoms with Gasteiger partial charge in [-0.05, 0) is 36.1 Å². The average molecular weight is 320 g/mol. The van der Waals surface area contributed by atoms with Crippen molar-refractivity contribution in [2.24, 2.45) is 5.73 Å². The van der Waals surface area contributed by atoms with Crippen molar-refractivity contribution in [3.05, 3.63) is 33.8 Å². The van der Waals surface area contributed by atoms with Gasteiger partial charge >= 0.3 is 0 Å². The molecule has 0 saturated carbocycles. The number of fused-ring (bicyclic) bond motifs is 1. The van der Waals surface area contributed by atoms with E-state index in [2.05, 4.69) is 15.9 Å². The fourth-order valence-electron chi connectivity index (χ4n) is 2.57. The van der Waals surface area contributed by atoms with Gasteiger partial charge in [-0.15, -0.1) is 0 Å². The quantitative estimate of drug-likeness (QED) is 0.891. The van der Waals surface area contributed by atoms with E-state index in [1.54, 1.807) is 12.1 Å². The number of rotatable bonds is 3. The highest BCUT2D eigenvalue weighted by molar-refractivity contribution is 9.10. The molecule has 98 valence electrons. The van der Waals surface area contributed by atoms with E-state index in [0.29, 0.717) is 16.5 Å². The number of aliphatic hydroxyl groups excluding tert-OH is 1. The molecule has 1 aliphatic rings. The second-order valence-electron chi connectivity index (χ2n) is 4.43. The molecular formula is C12H12BrF2NO2. The van der Waals surface area contributed by atoms with Crippen molar-refractivity contribution in [1.29, 1.82) is 0 Å². The molecule has 2 rings (SSSR count). The monoisotopic (exact) mass is 319 g/mol. The van der Waals surface area contributed by atoms with Crippen LogP contribution < -0.4 is 5.73 Å². The number of halogens is 3. The van der Waals surface area contributed by atoms with E-state index in [-0.39, 0.29) is 12.0 Å². The van der Waals surface area contributed by atoms with Crippen LogP contribution in [-0.4, -0.2) is 23.5 Å². The summed E-state index contributed by atoms with van der Waals surface area (Å²) in [6, 6.07) is 4.90. The third kappa shape index (κ3) is 1.66. The van der Waals surface area contributed by atoms with Crippen LogP contribution in [0.3, 0.4) is 0 Å². The normalized spacial score (nSPS) is 22.9. The summed E-state index contributed by atoms with van der Waals surface area (Å²) in [4.78, 5) is 11.6. The molecule has 1 amide bonds. The first-order valence-electron chi connectivity index (χ1n) is 5.42. The molecule has 0 fully saturated rings. The Morgan fingerprint density at radius 3 is 2.78 bits per heavy atom. The minimum absolute atomic E-state index is 0.0817. The van der Waals surface area contributed by atoms with Crippen molar-refractivity contribution in [2.75, 3.05) is 6.61 Å². The molecule has 3 nitrogen and oxygen atoms in total. The van der Waals surface area contributed by atoms with E-state index in [1.807, 2.05) is 0 Å². The summed E-state index contributed by atoms with van der Waals surface area (Å²) in [5.41, 5.74) is 3.99. The van der Waals surface area contributed by atoms with E-state index in [1.165, 1.54) is 6.07 Å². The summed E-state index contributed by atoms with van der Waals surface area (Å²) in [7, 11) is 0. The van der Waals surface area contributed by atoms with Gasteiger partial charge in [0.15, 0.2) is 0 Å². The Hall–Kier alpha value is -1.01. The van der Waals surface area contributed by atoms with E-state index in [4.69, 9.17) is 10.8 Å². The molecule has 1 aromatic rings. The lowest BCUT2D eigenvalue weighted by atomic mass is 9.75. The van der Waals surface area contributed by atoms with Crippen LogP contribution in [0.5, 0.6) is 0 Å². The summed E-state index contributed by atoms with van der Waals surface area (Å²) >= 11 is 3.19. The lowest BCUT2D eigenvalue weighted by molar-refractivity contribution is -0.151. The molecule has 0 heterocycles. The van der Waals surface area contributed by atoms with Crippen LogP contribution in [0.4, 0.5) is 8.78 Å². The molecule has 0 saturated heterocycles. The Morgan fingerprint density at radius 1 is 1.56 bits per heavy atom. The molecule has 0 radical (unpaired) electrons. The number of aryl methyl sites for hydroxylation is 1. The predicted octanol–water partition coefficient (Wildman–Crippen LogP) is 1.75. The molecule has 0 unspecified atom stereocenters. The third-order valence-electron chi connectivity index (χ3n) is 3.54. The lowest BCUT2D eigenvalue weighted by Crippen LogP contribution is -2.55. The van der Waals surface area contributed by atoms with Crippen molar-refractivity contribution in [1.82, 2.24) is 0 Å². The molecular weight excluding hydrogens is 308 g/mol. The molecule has 0 aromatic heterocycles. The number of aliphatic hydroxyl groups is 1. The Bertz CT molecular complexity index is 507. The van der Waals surface area contributed by atoms with Gasteiger partial charge in [-0.2, -0.15) is 0 Å². The highest BCUT2D eigenvalue weighted by Crippen LogP contribution is 2.49. The lowest BCUT2D eigenvalue weighted by Gasteiger charge is -2.34. The summed E-state index contributed by atoms with van der Waals surface area (Å²) in [6.07, 6.45) is 0.267. The van der Waals surface area contributed by atoms with Gasteiger partial charge in [-0.25, -0.2) is 8.78 Å². The van der Waals surface area contributed by atoms with E-state index >= 15 is 0 Å². The summed E-state index contributed by atoms with van der Waals surface area (Å²) in [5.74, 6) is -4.66. The van der Waals surface area contributed by atoms with Gasteiger partial charge in [-0.1, -0.05) is 22.0 Å². The minimum atomic E-state index is -3.56. The Kier molecular flexibility index (Phi) is 3.19. The van der Waals surface area contributed by atoms with Gasteiger partial charge in [0.1, 0.15) is 12.0 Å². The number of hydrogen-bond acceptors (Lipinski definition) is 2. The molecule has 1 aliphatic carbocycles. The maximum absolute atomic E-state index is 14.0. The average Bonchev–Trinajstić information content (AvgIpc) is 2.69. The first-order valence-corrected chi connectivity index (χ1v) is 6.22. The summed E-state index contributed by atoms with van der Waals surface area (Å²) < 4.78 is 28.6. The maximum atomic E-state index is 14.0. The van der Waals surface area contributed by atoms with Gasteiger partial charge in [-0.3, -0.25) is 4.79 Å². The largest absolute Gasteiger partial charge is 0.390 e. The van der Waals surface area contributed by atoms with E-state index in [9.17, 15) is 13.6 Å². The topological polar surface area (TPSA) is 63.3 Å². The van der Waals surface area contributed by atoms with Crippen LogP contribution in [-0.2, 0) is 16.6 Å². The second kappa shape index (κ2) is 4.28. The number of carbonyl (C=O) groups is 1. The Morgan fingerprint density at radius 2 is 2.22 bits per heavy atom. The number of amides is 1. The minimum Gasteiger partial charge on any atom is -0.390 e. The molecule has 3 N–H and O–H groups in total. The Labute approximate surface area is 111 Å². The Balaban J connectivity index is 2.68. The van der Waals surface area contributed by atoms with Crippen LogP contribution in [0.15, 0.2) is 22.7 Å². The van der Waals surface area contributed by atoms with Crippen molar-refractivity contribution >= 4 is 21.8 Å². The van der Waals surface area contributed by atoms with Gasteiger partial charge < -0.3 is 10.8 Å². The van der Waals surface area contributed by atoms with Crippen LogP contribution in [0.1, 0.15) is 17.5 Å². The summed E-state index contributed by atoms with van der Waals surface area (Å²) in [5, 5.41) is 8.89. The zero-order valence-electron chi connectivity index (χ0n) is 9.42. The number of benzene rings is 1. The fourth-order valence-corrected chi connectivity index (χ4v) is 2.93. The molecule has 18 heavy (non-hydrogen) atoms. The number of carbonyl (C=O) groups excluding carboxylic acids is 1. The number of hydrogen-bond donors (Lipinski definition) is 2. The molecule has 1 aromatic carbocycles. The van der Waals surface area contributed by atoms with Crippen molar-refractivity contribution in [3.8, 4) is 0 Å². The molecule has 0 spiro atoms. The second-order valence-corrected chi connectivity index (χ2v) is 5.35. The number of primary amides is 1. The zero-order valence-corrected chi connectivity index (χ0v) is 11.0. The van der Waals surface area contributed by atoms with Crippen molar-refractivity contribution in [2.45, 2.75) is 24.2 Å². The third-order valence-corrected chi connectivity index (χ3v) is 4.04. The first-order chi connectivity index (χ1) is 8.35. The van der Waals surface area contributed by atoms with Gasteiger partial charge in [0.25, 0.3) is 5.92 Å². The number of alkyl halides is 2. The van der Waals surface area contributed by atoms with Gasteiger partial charge in [0.05, 0.1) is 0 Å². The van der Waals surface area contributed by atoms with Crippen LogP contribution >= 0.6 is 15.9 Å². The zero-order chi connectivity index (χ0) is 13.6. The van der Waals surface area contributed by atoms with Crippen LogP contribution in [0.2, 0.25) is 0 Å². The van der Waals surface area contributed by atoms with E-state index < -0.39 is 23.9 Å². The molecule has 0 aliphatic heterocycles. The van der Waals surface area contributed by atoms with Crippen LogP contribution in [0.25, 0.3) is 0 Å². The molecule has 0 bridgehead atoms. The molecule has 1 atom stereocenters.